The summed E-state index contributed by atoms with van der Waals surface area (Å²) >= 11 is 0. The van der Waals surface area contributed by atoms with Gasteiger partial charge in [0.2, 0.25) is 5.91 Å². The van der Waals surface area contributed by atoms with E-state index in [2.05, 4.69) is 37.5 Å². The number of aromatic nitrogens is 1. The Morgan fingerprint density at radius 1 is 1.24 bits per heavy atom. The van der Waals surface area contributed by atoms with Crippen molar-refractivity contribution in [2.24, 2.45) is 5.41 Å². The van der Waals surface area contributed by atoms with Gasteiger partial charge in [-0.05, 0) is 67.3 Å². The van der Waals surface area contributed by atoms with Crippen LogP contribution in [0.3, 0.4) is 0 Å². The summed E-state index contributed by atoms with van der Waals surface area (Å²) in [4.78, 5) is 17.3. The zero-order chi connectivity index (χ0) is 26.6. The highest BCUT2D eigenvalue weighted by molar-refractivity contribution is 5.77. The molecule has 202 valence electrons. The molecule has 0 bridgehead atoms. The largest absolute Gasteiger partial charge is 0.485 e. The predicted molar refractivity (Wildman–Crippen MR) is 140 cm³/mol. The van der Waals surface area contributed by atoms with E-state index in [4.69, 9.17) is 14.5 Å². The monoisotopic (exact) mass is 513 g/mol. The second kappa shape index (κ2) is 11.5. The number of methoxy groups -OCH3 is 1. The van der Waals surface area contributed by atoms with Gasteiger partial charge in [-0.25, -0.2) is 4.39 Å². The fourth-order valence-electron chi connectivity index (χ4n) is 5.21. The molecular weight excluding hydrogens is 473 g/mol. The molecule has 3 N–H and O–H groups in total. The minimum absolute atomic E-state index is 0.0697. The highest BCUT2D eigenvalue weighted by Gasteiger charge is 2.46. The van der Waals surface area contributed by atoms with Gasteiger partial charge in [-0.15, -0.1) is 0 Å². The van der Waals surface area contributed by atoms with E-state index in [0.29, 0.717) is 6.42 Å². The quantitative estimate of drug-likeness (QED) is 0.447. The number of carbonyl (C=O) groups excluding carboxylic acids is 1. The van der Waals surface area contributed by atoms with Gasteiger partial charge in [0.25, 0.3) is 0 Å². The normalized spacial score (nSPS) is 19.9. The first-order valence-electron chi connectivity index (χ1n) is 13.2. The summed E-state index contributed by atoms with van der Waals surface area (Å²) in [6.45, 7) is 6.73. The first-order valence-corrected chi connectivity index (χ1v) is 13.2. The molecule has 0 unspecified atom stereocenters. The van der Waals surface area contributed by atoms with Crippen LogP contribution < -0.4 is 15.4 Å². The standard InChI is InChI=1S/C29H40FN3O4/c1-28(2,3)15-21-10-11-25-27(32-21)23(16-29(37-25)12-5-13-29)31-17-24(34)22(33-26(35)18-36-4)14-19-6-8-20(30)9-7-19/h6-11,22-24,31,34H,5,12-18H2,1-4H3,(H,33,35)/t22-,23-,24-/m0/s1. The average molecular weight is 514 g/mol. The number of benzene rings is 1. The first-order chi connectivity index (χ1) is 17.6. The fourth-order valence-corrected chi connectivity index (χ4v) is 5.21. The molecule has 1 fully saturated rings. The molecule has 0 saturated heterocycles. The van der Waals surface area contributed by atoms with Crippen molar-refractivity contribution in [3.63, 3.8) is 0 Å². The van der Waals surface area contributed by atoms with Crippen LogP contribution in [0.1, 0.15) is 69.4 Å². The third-order valence-electron chi connectivity index (χ3n) is 7.18. The van der Waals surface area contributed by atoms with Crippen LogP contribution in [0.4, 0.5) is 4.39 Å². The van der Waals surface area contributed by atoms with Gasteiger partial charge in [0.15, 0.2) is 0 Å². The number of amides is 1. The van der Waals surface area contributed by atoms with Gasteiger partial charge >= 0.3 is 0 Å². The van der Waals surface area contributed by atoms with Gasteiger partial charge in [0.05, 0.1) is 23.9 Å². The Morgan fingerprint density at radius 2 is 1.97 bits per heavy atom. The smallest absolute Gasteiger partial charge is 0.246 e. The molecule has 3 atom stereocenters. The van der Waals surface area contributed by atoms with Gasteiger partial charge in [-0.2, -0.15) is 0 Å². The van der Waals surface area contributed by atoms with Gasteiger partial charge in [-0.1, -0.05) is 32.9 Å². The Balaban J connectivity index is 1.50. The molecule has 2 aromatic rings. The summed E-state index contributed by atoms with van der Waals surface area (Å²) in [7, 11) is 1.45. The Hall–Kier alpha value is -2.55. The third kappa shape index (κ3) is 7.27. The van der Waals surface area contributed by atoms with E-state index in [1.165, 1.54) is 19.2 Å². The molecule has 1 saturated carbocycles. The van der Waals surface area contributed by atoms with Crippen molar-refractivity contribution >= 4 is 5.91 Å². The van der Waals surface area contributed by atoms with Crippen LogP contribution in [-0.4, -0.2) is 54.0 Å². The number of hydrogen-bond acceptors (Lipinski definition) is 6. The zero-order valence-corrected chi connectivity index (χ0v) is 22.4. The molecule has 8 heteroatoms. The number of carbonyl (C=O) groups is 1. The summed E-state index contributed by atoms with van der Waals surface area (Å²) < 4.78 is 24.8. The Labute approximate surface area is 219 Å². The molecule has 1 aliphatic carbocycles. The van der Waals surface area contributed by atoms with Crippen molar-refractivity contribution < 1.29 is 23.8 Å². The number of rotatable bonds is 10. The van der Waals surface area contributed by atoms with E-state index in [9.17, 15) is 14.3 Å². The lowest BCUT2D eigenvalue weighted by molar-refractivity contribution is -0.126. The Kier molecular flexibility index (Phi) is 8.51. The highest BCUT2D eigenvalue weighted by Crippen LogP contribution is 2.48. The number of pyridine rings is 1. The maximum atomic E-state index is 13.4. The van der Waals surface area contributed by atoms with Crippen LogP contribution in [0.5, 0.6) is 5.75 Å². The lowest BCUT2D eigenvalue weighted by Gasteiger charge is -2.48. The number of nitrogens with zero attached hydrogens (tertiary/aromatic N) is 1. The minimum Gasteiger partial charge on any atom is -0.485 e. The summed E-state index contributed by atoms with van der Waals surface area (Å²) in [6.07, 6.45) is 4.29. The van der Waals surface area contributed by atoms with Gasteiger partial charge in [-0.3, -0.25) is 9.78 Å². The number of aliphatic hydroxyl groups excluding tert-OH is 1. The van der Waals surface area contributed by atoms with Crippen molar-refractivity contribution in [1.82, 2.24) is 15.6 Å². The Morgan fingerprint density at radius 3 is 2.59 bits per heavy atom. The average Bonchev–Trinajstić information content (AvgIpc) is 2.81. The van der Waals surface area contributed by atoms with Crippen LogP contribution in [0.2, 0.25) is 0 Å². The topological polar surface area (TPSA) is 92.7 Å². The summed E-state index contributed by atoms with van der Waals surface area (Å²) in [5, 5.41) is 17.6. The third-order valence-corrected chi connectivity index (χ3v) is 7.18. The van der Waals surface area contributed by atoms with Crippen molar-refractivity contribution in [1.29, 1.82) is 0 Å². The van der Waals surface area contributed by atoms with E-state index in [1.807, 2.05) is 6.07 Å². The van der Waals surface area contributed by atoms with Crippen molar-refractivity contribution in [3.8, 4) is 5.75 Å². The number of nitrogens with one attached hydrogen (secondary N) is 2. The minimum atomic E-state index is -0.882. The van der Waals surface area contributed by atoms with Crippen molar-refractivity contribution in [3.05, 3.63) is 59.2 Å². The summed E-state index contributed by atoms with van der Waals surface area (Å²) in [5.74, 6) is 0.172. The summed E-state index contributed by atoms with van der Waals surface area (Å²) in [6, 6.07) is 9.55. The molecule has 7 nitrogen and oxygen atoms in total. The fraction of sp³-hybridized carbons (Fsp3) is 0.586. The van der Waals surface area contributed by atoms with Crippen LogP contribution in [0.25, 0.3) is 0 Å². The van der Waals surface area contributed by atoms with Crippen molar-refractivity contribution in [2.45, 2.75) is 83.1 Å². The van der Waals surface area contributed by atoms with E-state index in [0.717, 1.165) is 54.8 Å². The molecule has 1 aliphatic heterocycles. The number of halogens is 1. The van der Waals surface area contributed by atoms with Gasteiger partial charge < -0.3 is 25.2 Å². The second-order valence-electron chi connectivity index (χ2n) is 11.7. The SMILES string of the molecule is COCC(=O)N[C@@H](Cc1ccc(F)cc1)[C@@H](O)CN[C@H]1CC2(CCC2)Oc2ccc(CC(C)(C)C)nc21. The maximum absolute atomic E-state index is 13.4. The molecule has 37 heavy (non-hydrogen) atoms. The van der Waals surface area contributed by atoms with E-state index in [1.54, 1.807) is 12.1 Å². The van der Waals surface area contributed by atoms with Crippen LogP contribution in [0, 0.1) is 11.2 Å². The second-order valence-corrected chi connectivity index (χ2v) is 11.7. The maximum Gasteiger partial charge on any atom is 0.246 e. The molecule has 2 heterocycles. The first kappa shape index (κ1) is 27.5. The molecule has 1 aromatic carbocycles. The number of hydrogen-bond donors (Lipinski definition) is 3. The molecule has 4 rings (SSSR count). The number of ether oxygens (including phenoxy) is 2. The van der Waals surface area contributed by atoms with Crippen LogP contribution in [-0.2, 0) is 22.4 Å². The van der Waals surface area contributed by atoms with Crippen LogP contribution >= 0.6 is 0 Å². The predicted octanol–water partition coefficient (Wildman–Crippen LogP) is 3.88. The lowest BCUT2D eigenvalue weighted by atomic mass is 9.73. The van der Waals surface area contributed by atoms with E-state index >= 15 is 0 Å². The number of aliphatic hydroxyl groups is 1. The van der Waals surface area contributed by atoms with Gasteiger partial charge in [0.1, 0.15) is 23.8 Å². The van der Waals surface area contributed by atoms with Crippen LogP contribution in [0.15, 0.2) is 36.4 Å². The van der Waals surface area contributed by atoms with Gasteiger partial charge in [0, 0.05) is 25.8 Å². The summed E-state index contributed by atoms with van der Waals surface area (Å²) in [5.41, 5.74) is 2.65. The molecule has 0 radical (unpaired) electrons. The zero-order valence-electron chi connectivity index (χ0n) is 22.4. The molecular formula is C29H40FN3O4. The molecule has 1 spiro atoms. The Bertz CT molecular complexity index is 1070. The van der Waals surface area contributed by atoms with E-state index < -0.39 is 12.1 Å². The lowest BCUT2D eigenvalue weighted by Crippen LogP contribution is -2.52. The molecule has 1 amide bonds. The molecule has 2 aliphatic rings. The van der Waals surface area contributed by atoms with Crippen molar-refractivity contribution in [2.75, 3.05) is 20.3 Å². The number of fused-ring (bicyclic) bond motifs is 1. The highest BCUT2D eigenvalue weighted by atomic mass is 19.1. The van der Waals surface area contributed by atoms with E-state index in [-0.39, 0.29) is 41.9 Å². The molecule has 1 aromatic heterocycles.